The summed E-state index contributed by atoms with van der Waals surface area (Å²) in [7, 11) is 0. The second kappa shape index (κ2) is 4.33. The molecule has 0 spiro atoms. The molecule has 17 heavy (non-hydrogen) atoms. The van der Waals surface area contributed by atoms with Crippen molar-refractivity contribution in [3.05, 3.63) is 11.8 Å². The van der Waals surface area contributed by atoms with Crippen molar-refractivity contribution in [3.63, 3.8) is 0 Å². The topological polar surface area (TPSA) is 9.23 Å². The molecule has 0 heterocycles. The standard InChI is InChI=1S/C16H28O/c1-6-12(7-2)11-17-14-10-13-8-9-16(14,5)15(13,3)4/h11,13-14H,6-10H2,1-5H3. The molecule has 0 saturated heterocycles. The first-order valence-electron chi connectivity index (χ1n) is 7.29. The third kappa shape index (κ3) is 1.82. The molecule has 0 N–H and O–H groups in total. The van der Waals surface area contributed by atoms with Gasteiger partial charge in [-0.05, 0) is 49.0 Å². The Morgan fingerprint density at radius 1 is 1.24 bits per heavy atom. The minimum Gasteiger partial charge on any atom is -0.497 e. The van der Waals surface area contributed by atoms with Crippen molar-refractivity contribution in [3.8, 4) is 0 Å². The predicted octanol–water partition coefficient (Wildman–Crippen LogP) is 4.92. The molecular weight excluding hydrogens is 208 g/mol. The quantitative estimate of drug-likeness (QED) is 0.629. The minimum absolute atomic E-state index is 0.390. The highest BCUT2D eigenvalue weighted by Crippen LogP contribution is 2.66. The van der Waals surface area contributed by atoms with E-state index in [0.717, 1.165) is 18.8 Å². The van der Waals surface area contributed by atoms with Gasteiger partial charge in [-0.3, -0.25) is 0 Å². The Balaban J connectivity index is 2.08. The molecule has 0 radical (unpaired) electrons. The maximum absolute atomic E-state index is 6.16. The van der Waals surface area contributed by atoms with Crippen molar-refractivity contribution in [2.24, 2.45) is 16.7 Å². The monoisotopic (exact) mass is 236 g/mol. The molecule has 3 atom stereocenters. The van der Waals surface area contributed by atoms with Crippen LogP contribution in [0, 0.1) is 16.7 Å². The smallest absolute Gasteiger partial charge is 0.104 e. The van der Waals surface area contributed by atoms with E-state index in [4.69, 9.17) is 4.74 Å². The molecule has 2 fully saturated rings. The van der Waals surface area contributed by atoms with Gasteiger partial charge in [0.05, 0.1) is 6.26 Å². The molecule has 2 saturated carbocycles. The van der Waals surface area contributed by atoms with Crippen LogP contribution in [0.25, 0.3) is 0 Å². The van der Waals surface area contributed by atoms with Crippen LogP contribution in [0.4, 0.5) is 0 Å². The molecule has 0 aromatic heterocycles. The number of fused-ring (bicyclic) bond motifs is 2. The molecule has 1 heteroatoms. The fraction of sp³-hybridized carbons (Fsp3) is 0.875. The van der Waals surface area contributed by atoms with Gasteiger partial charge in [0, 0.05) is 5.41 Å². The number of ether oxygens (including phenoxy) is 1. The number of hydrogen-bond acceptors (Lipinski definition) is 1. The van der Waals surface area contributed by atoms with Gasteiger partial charge in [-0.15, -0.1) is 0 Å². The van der Waals surface area contributed by atoms with Gasteiger partial charge in [0.1, 0.15) is 6.10 Å². The Bertz CT molecular complexity index is 309. The van der Waals surface area contributed by atoms with E-state index >= 15 is 0 Å². The largest absolute Gasteiger partial charge is 0.497 e. The third-order valence-electron chi connectivity index (χ3n) is 6.02. The first kappa shape index (κ1) is 13.0. The van der Waals surface area contributed by atoms with Crippen LogP contribution >= 0.6 is 0 Å². The summed E-state index contributed by atoms with van der Waals surface area (Å²) in [5, 5.41) is 0. The Labute approximate surface area is 107 Å². The highest BCUT2D eigenvalue weighted by Gasteiger charge is 2.62. The van der Waals surface area contributed by atoms with Crippen molar-refractivity contribution < 1.29 is 4.74 Å². The van der Waals surface area contributed by atoms with E-state index in [2.05, 4.69) is 40.9 Å². The molecule has 1 nitrogen and oxygen atoms in total. The van der Waals surface area contributed by atoms with Crippen molar-refractivity contribution in [2.45, 2.75) is 72.8 Å². The maximum Gasteiger partial charge on any atom is 0.104 e. The summed E-state index contributed by atoms with van der Waals surface area (Å²) >= 11 is 0. The molecule has 0 aromatic carbocycles. The number of hydrogen-bond donors (Lipinski definition) is 0. The van der Waals surface area contributed by atoms with Gasteiger partial charge < -0.3 is 4.74 Å². The van der Waals surface area contributed by atoms with Crippen molar-refractivity contribution in [1.29, 1.82) is 0 Å². The highest BCUT2D eigenvalue weighted by molar-refractivity contribution is 5.12. The van der Waals surface area contributed by atoms with Gasteiger partial charge in [0.15, 0.2) is 0 Å². The van der Waals surface area contributed by atoms with Gasteiger partial charge in [0.25, 0.3) is 0 Å². The van der Waals surface area contributed by atoms with E-state index in [9.17, 15) is 0 Å². The highest BCUT2D eigenvalue weighted by atomic mass is 16.5. The van der Waals surface area contributed by atoms with Crippen LogP contribution in [0.2, 0.25) is 0 Å². The lowest BCUT2D eigenvalue weighted by Crippen LogP contribution is -2.36. The average Bonchev–Trinajstić information content (AvgIpc) is 2.63. The van der Waals surface area contributed by atoms with Crippen LogP contribution in [0.3, 0.4) is 0 Å². The van der Waals surface area contributed by atoms with Crippen LogP contribution in [0.5, 0.6) is 0 Å². The summed E-state index contributed by atoms with van der Waals surface area (Å²) in [6.45, 7) is 11.8. The van der Waals surface area contributed by atoms with E-state index in [-0.39, 0.29) is 0 Å². The Morgan fingerprint density at radius 2 is 1.88 bits per heavy atom. The van der Waals surface area contributed by atoms with E-state index < -0.39 is 0 Å². The molecule has 0 aromatic rings. The Hall–Kier alpha value is -0.460. The third-order valence-corrected chi connectivity index (χ3v) is 6.02. The van der Waals surface area contributed by atoms with Crippen LogP contribution in [-0.2, 0) is 4.74 Å². The predicted molar refractivity (Wildman–Crippen MR) is 72.8 cm³/mol. The summed E-state index contributed by atoms with van der Waals surface area (Å²) in [5.41, 5.74) is 2.29. The Morgan fingerprint density at radius 3 is 2.29 bits per heavy atom. The van der Waals surface area contributed by atoms with Crippen molar-refractivity contribution in [2.75, 3.05) is 0 Å². The van der Waals surface area contributed by atoms with E-state index in [1.54, 1.807) is 0 Å². The zero-order chi connectivity index (χ0) is 12.7. The van der Waals surface area contributed by atoms with Gasteiger partial charge in [0.2, 0.25) is 0 Å². The lowest BCUT2D eigenvalue weighted by Gasteiger charge is -2.38. The molecule has 3 unspecified atom stereocenters. The second-order valence-corrected chi connectivity index (χ2v) is 6.72. The zero-order valence-corrected chi connectivity index (χ0v) is 12.2. The normalized spacial score (nSPS) is 38.2. The Kier molecular flexibility index (Phi) is 3.31. The average molecular weight is 236 g/mol. The number of rotatable bonds is 4. The van der Waals surface area contributed by atoms with E-state index in [1.165, 1.54) is 24.8 Å². The maximum atomic E-state index is 6.16. The van der Waals surface area contributed by atoms with Crippen LogP contribution in [0.15, 0.2) is 11.8 Å². The lowest BCUT2D eigenvalue weighted by atomic mass is 9.70. The van der Waals surface area contributed by atoms with Gasteiger partial charge >= 0.3 is 0 Å². The van der Waals surface area contributed by atoms with Crippen LogP contribution in [0.1, 0.15) is 66.7 Å². The molecule has 98 valence electrons. The number of allylic oxidation sites excluding steroid dienone is 1. The SMILES string of the molecule is CCC(=COC1CC2CCC1(C)C2(C)C)CC. The van der Waals surface area contributed by atoms with Crippen LogP contribution < -0.4 is 0 Å². The molecule has 2 bridgehead atoms. The lowest BCUT2D eigenvalue weighted by molar-refractivity contribution is 0.000306. The summed E-state index contributed by atoms with van der Waals surface area (Å²) < 4.78 is 6.16. The summed E-state index contributed by atoms with van der Waals surface area (Å²) in [5.74, 6) is 0.873. The summed E-state index contributed by atoms with van der Waals surface area (Å²) in [6.07, 6.45) is 8.76. The van der Waals surface area contributed by atoms with Crippen LogP contribution in [-0.4, -0.2) is 6.10 Å². The molecule has 2 rings (SSSR count). The first-order valence-corrected chi connectivity index (χ1v) is 7.29. The molecule has 0 aliphatic heterocycles. The van der Waals surface area contributed by atoms with Crippen molar-refractivity contribution >= 4 is 0 Å². The zero-order valence-electron chi connectivity index (χ0n) is 12.2. The van der Waals surface area contributed by atoms with Gasteiger partial charge in [-0.1, -0.05) is 34.6 Å². The van der Waals surface area contributed by atoms with E-state index in [1.807, 2.05) is 0 Å². The second-order valence-electron chi connectivity index (χ2n) is 6.72. The summed E-state index contributed by atoms with van der Waals surface area (Å²) in [6, 6.07) is 0. The minimum atomic E-state index is 0.390. The summed E-state index contributed by atoms with van der Waals surface area (Å²) in [4.78, 5) is 0. The molecule has 2 aliphatic carbocycles. The molecule has 0 amide bonds. The van der Waals surface area contributed by atoms with Gasteiger partial charge in [-0.2, -0.15) is 0 Å². The van der Waals surface area contributed by atoms with Gasteiger partial charge in [-0.25, -0.2) is 0 Å². The van der Waals surface area contributed by atoms with Crippen molar-refractivity contribution in [1.82, 2.24) is 0 Å². The molecule has 2 aliphatic rings. The first-order chi connectivity index (χ1) is 7.95. The fourth-order valence-electron chi connectivity index (χ4n) is 3.93. The molecular formula is C16H28O. The fourth-order valence-corrected chi connectivity index (χ4v) is 3.93. The van der Waals surface area contributed by atoms with E-state index in [0.29, 0.717) is 16.9 Å².